The fourth-order valence-corrected chi connectivity index (χ4v) is 6.49. The van der Waals surface area contributed by atoms with Crippen LogP contribution in [0.15, 0.2) is 30.6 Å². The van der Waals surface area contributed by atoms with E-state index < -0.39 is 23.1 Å². The molecule has 1 amide bonds. The quantitative estimate of drug-likeness (QED) is 0.387. The van der Waals surface area contributed by atoms with Crippen LogP contribution in [0, 0.1) is 0 Å². The number of nitrogens with one attached hydrogen (secondary N) is 2. The van der Waals surface area contributed by atoms with Crippen LogP contribution in [0.3, 0.4) is 0 Å². The van der Waals surface area contributed by atoms with Crippen LogP contribution in [-0.2, 0) is 36.5 Å². The second kappa shape index (κ2) is 10.6. The number of pyridine rings is 1. The number of nitrogens with zero attached hydrogens (tertiary/aromatic N) is 5. The van der Waals surface area contributed by atoms with Crippen LogP contribution in [0.1, 0.15) is 84.4 Å². The molecule has 0 spiro atoms. The predicted molar refractivity (Wildman–Crippen MR) is 151 cm³/mol. The van der Waals surface area contributed by atoms with Crippen LogP contribution in [0.5, 0.6) is 0 Å². The number of aromatic nitrogens is 4. The van der Waals surface area contributed by atoms with E-state index in [9.17, 15) is 18.0 Å². The van der Waals surface area contributed by atoms with Gasteiger partial charge in [0.25, 0.3) is 5.91 Å². The van der Waals surface area contributed by atoms with Crippen molar-refractivity contribution in [1.29, 1.82) is 0 Å². The molecule has 0 unspecified atom stereocenters. The van der Waals surface area contributed by atoms with Crippen LogP contribution in [0.25, 0.3) is 0 Å². The number of aryl methyl sites for hydroxylation is 1. The Bertz CT molecular complexity index is 1490. The number of benzene rings is 1. The summed E-state index contributed by atoms with van der Waals surface area (Å²) < 4.78 is 50.6. The van der Waals surface area contributed by atoms with Crippen molar-refractivity contribution in [2.75, 3.05) is 30.0 Å². The largest absolute Gasteiger partial charge is 0.416 e. The van der Waals surface area contributed by atoms with Crippen LogP contribution in [0.2, 0.25) is 0 Å². The second-order valence-electron chi connectivity index (χ2n) is 11.9. The molecule has 1 aliphatic carbocycles. The molecule has 0 radical (unpaired) electrons. The molecule has 12 heteroatoms. The number of fused-ring (bicyclic) bond motifs is 1. The van der Waals surface area contributed by atoms with E-state index >= 15 is 0 Å². The molecule has 6 rings (SSSR count). The SMILES string of the molecule is CCNc1cc(C2(c3nncn3C)CCOCC2)cc(N2Cc3c(cc(CNC4(C)CCC4)cc3C(F)(F)F)C2=O)n1. The Hall–Kier alpha value is -3.51. The number of hydrogen-bond donors (Lipinski definition) is 2. The lowest BCUT2D eigenvalue weighted by Crippen LogP contribution is -2.47. The molecule has 0 atom stereocenters. The molecule has 4 heterocycles. The van der Waals surface area contributed by atoms with Gasteiger partial charge in [-0.25, -0.2) is 4.98 Å². The zero-order valence-corrected chi connectivity index (χ0v) is 24.1. The predicted octanol–water partition coefficient (Wildman–Crippen LogP) is 4.95. The summed E-state index contributed by atoms with van der Waals surface area (Å²) in [5.41, 5.74) is -0.0412. The van der Waals surface area contributed by atoms with E-state index in [1.165, 1.54) is 11.0 Å². The maximum Gasteiger partial charge on any atom is 0.416 e. The van der Waals surface area contributed by atoms with Crippen molar-refractivity contribution in [3.63, 3.8) is 0 Å². The molecule has 3 aliphatic rings. The minimum atomic E-state index is -4.60. The highest BCUT2D eigenvalue weighted by Gasteiger charge is 2.44. The zero-order chi connectivity index (χ0) is 29.7. The summed E-state index contributed by atoms with van der Waals surface area (Å²) in [4.78, 5) is 19.9. The summed E-state index contributed by atoms with van der Waals surface area (Å²) >= 11 is 0. The third-order valence-corrected chi connectivity index (χ3v) is 9.07. The van der Waals surface area contributed by atoms with Crippen molar-refractivity contribution in [3.8, 4) is 0 Å². The van der Waals surface area contributed by atoms with Crippen molar-refractivity contribution < 1.29 is 22.7 Å². The molecule has 2 N–H and O–H groups in total. The Kier molecular flexibility index (Phi) is 7.25. The Morgan fingerprint density at radius 1 is 1.10 bits per heavy atom. The van der Waals surface area contributed by atoms with Gasteiger partial charge in [0.1, 0.15) is 23.8 Å². The molecule has 2 aromatic heterocycles. The molecule has 224 valence electrons. The summed E-state index contributed by atoms with van der Waals surface area (Å²) in [5.74, 6) is 1.11. The number of rotatable bonds is 8. The summed E-state index contributed by atoms with van der Waals surface area (Å²) in [6, 6.07) is 6.55. The van der Waals surface area contributed by atoms with E-state index in [2.05, 4.69) is 27.8 Å². The van der Waals surface area contributed by atoms with E-state index in [4.69, 9.17) is 9.72 Å². The average molecular weight is 584 g/mol. The molecule has 0 bridgehead atoms. The smallest absolute Gasteiger partial charge is 0.381 e. The first kappa shape index (κ1) is 28.6. The number of amides is 1. The van der Waals surface area contributed by atoms with Gasteiger partial charge < -0.3 is 19.9 Å². The number of carbonyl (C=O) groups excluding carboxylic acids is 1. The van der Waals surface area contributed by atoms with Crippen LogP contribution >= 0.6 is 0 Å². The third kappa shape index (κ3) is 5.04. The van der Waals surface area contributed by atoms with Gasteiger partial charge in [-0.05, 0) is 86.9 Å². The van der Waals surface area contributed by atoms with Gasteiger partial charge in [-0.2, -0.15) is 13.2 Å². The maximum atomic E-state index is 14.3. The van der Waals surface area contributed by atoms with Gasteiger partial charge in [0, 0.05) is 44.5 Å². The Morgan fingerprint density at radius 3 is 2.48 bits per heavy atom. The van der Waals surface area contributed by atoms with E-state index in [1.807, 2.05) is 30.7 Å². The van der Waals surface area contributed by atoms with Crippen LogP contribution < -0.4 is 15.5 Å². The van der Waals surface area contributed by atoms with Crippen LogP contribution in [0.4, 0.5) is 24.8 Å². The molecule has 1 saturated heterocycles. The lowest BCUT2D eigenvalue weighted by molar-refractivity contribution is -0.138. The minimum Gasteiger partial charge on any atom is -0.381 e. The first-order valence-corrected chi connectivity index (χ1v) is 14.5. The number of hydrogen-bond acceptors (Lipinski definition) is 7. The number of ether oxygens (including phenoxy) is 1. The molecular formula is C30H36F3N7O2. The minimum absolute atomic E-state index is 0.0163. The Morgan fingerprint density at radius 2 is 1.86 bits per heavy atom. The highest BCUT2D eigenvalue weighted by Crippen LogP contribution is 2.44. The lowest BCUT2D eigenvalue weighted by Gasteiger charge is -2.39. The number of anilines is 2. The fourth-order valence-electron chi connectivity index (χ4n) is 6.49. The first-order chi connectivity index (χ1) is 20.0. The molecule has 2 fully saturated rings. The summed E-state index contributed by atoms with van der Waals surface area (Å²) in [6.07, 6.45) is 1.38. The van der Waals surface area contributed by atoms with E-state index in [-0.39, 0.29) is 29.8 Å². The molecular weight excluding hydrogens is 547 g/mol. The van der Waals surface area contributed by atoms with Gasteiger partial charge in [0.15, 0.2) is 0 Å². The van der Waals surface area contributed by atoms with Gasteiger partial charge in [-0.15, -0.1) is 10.2 Å². The summed E-state index contributed by atoms with van der Waals surface area (Å²) in [7, 11) is 1.89. The number of halogens is 3. The van der Waals surface area contributed by atoms with Crippen molar-refractivity contribution in [3.05, 3.63) is 64.2 Å². The fraction of sp³-hybridized carbons (Fsp3) is 0.533. The normalized spacial score (nSPS) is 19.5. The average Bonchev–Trinajstić information content (AvgIpc) is 3.53. The maximum absolute atomic E-state index is 14.3. The summed E-state index contributed by atoms with van der Waals surface area (Å²) in [5, 5.41) is 15.2. The van der Waals surface area contributed by atoms with E-state index in [0.717, 1.165) is 30.7 Å². The Balaban J connectivity index is 1.41. The van der Waals surface area contributed by atoms with Crippen molar-refractivity contribution in [1.82, 2.24) is 25.1 Å². The molecule has 42 heavy (non-hydrogen) atoms. The van der Waals surface area contributed by atoms with E-state index in [1.54, 1.807) is 12.4 Å². The second-order valence-corrected chi connectivity index (χ2v) is 11.9. The molecule has 2 aliphatic heterocycles. The van der Waals surface area contributed by atoms with Gasteiger partial charge in [-0.1, -0.05) is 0 Å². The monoisotopic (exact) mass is 583 g/mol. The summed E-state index contributed by atoms with van der Waals surface area (Å²) in [6.45, 7) is 5.68. The van der Waals surface area contributed by atoms with E-state index in [0.29, 0.717) is 49.8 Å². The van der Waals surface area contributed by atoms with Gasteiger partial charge in [0.2, 0.25) is 0 Å². The Labute approximate surface area is 242 Å². The van der Waals surface area contributed by atoms with Gasteiger partial charge in [-0.3, -0.25) is 9.69 Å². The number of alkyl halides is 3. The van der Waals surface area contributed by atoms with Crippen molar-refractivity contribution >= 4 is 17.5 Å². The first-order valence-electron chi connectivity index (χ1n) is 14.5. The number of carbonyl (C=O) groups is 1. The van der Waals surface area contributed by atoms with Crippen molar-refractivity contribution in [2.45, 2.75) is 76.2 Å². The van der Waals surface area contributed by atoms with Gasteiger partial charge in [0.05, 0.1) is 17.5 Å². The highest BCUT2D eigenvalue weighted by atomic mass is 19.4. The van der Waals surface area contributed by atoms with Crippen molar-refractivity contribution in [2.24, 2.45) is 7.05 Å². The third-order valence-electron chi connectivity index (χ3n) is 9.07. The molecule has 3 aromatic rings. The zero-order valence-electron chi connectivity index (χ0n) is 24.1. The van der Waals surface area contributed by atoms with Crippen LogP contribution in [-0.4, -0.2) is 51.0 Å². The lowest BCUT2D eigenvalue weighted by atomic mass is 9.73. The highest BCUT2D eigenvalue weighted by molar-refractivity contribution is 6.10. The topological polar surface area (TPSA) is 97.2 Å². The molecule has 1 saturated carbocycles. The standard InChI is InChI=1S/C30H36F3N7O2/c1-4-34-24-14-20(29(8-10-42-11-9-29)27-38-36-18-39(27)3)15-25(37-24)40-17-22-21(26(40)41)12-19(13-23(22)30(31,32)33)16-35-28(2)6-5-7-28/h12-15,18,35H,4-11,16-17H2,1-3H3,(H,34,37). The molecule has 1 aromatic carbocycles. The molecule has 9 nitrogen and oxygen atoms in total. The van der Waals surface area contributed by atoms with Gasteiger partial charge >= 0.3 is 6.18 Å².